The summed E-state index contributed by atoms with van der Waals surface area (Å²) in [6.07, 6.45) is 1.53. The lowest BCUT2D eigenvalue weighted by Crippen LogP contribution is -2.04. The van der Waals surface area contributed by atoms with Crippen LogP contribution in [-0.2, 0) is 0 Å². The van der Waals surface area contributed by atoms with Gasteiger partial charge in [-0.3, -0.25) is 0 Å². The highest BCUT2D eigenvalue weighted by Gasteiger charge is 2.13. The molecule has 1 heterocycles. The van der Waals surface area contributed by atoms with Gasteiger partial charge in [0.1, 0.15) is 17.8 Å². The first kappa shape index (κ1) is 13.1. The van der Waals surface area contributed by atoms with E-state index in [0.29, 0.717) is 11.6 Å². The van der Waals surface area contributed by atoms with Gasteiger partial charge in [0, 0.05) is 12.1 Å². The molecule has 0 radical (unpaired) electrons. The van der Waals surface area contributed by atoms with Crippen LogP contribution >= 0.6 is 0 Å². The number of nitrogens with zero attached hydrogens (tertiary/aromatic N) is 2. The molecule has 5 heteroatoms. The Morgan fingerprint density at radius 2 is 1.79 bits per heavy atom. The molecule has 0 aliphatic rings. The highest BCUT2D eigenvalue weighted by atomic mass is 16.5. The van der Waals surface area contributed by atoms with E-state index < -0.39 is 0 Å². The Morgan fingerprint density at radius 1 is 1.05 bits per heavy atom. The molecule has 19 heavy (non-hydrogen) atoms. The Kier molecular flexibility index (Phi) is 4.18. The van der Waals surface area contributed by atoms with Crippen molar-refractivity contribution >= 4 is 5.82 Å². The number of nitrogens with one attached hydrogen (secondary N) is 1. The van der Waals surface area contributed by atoms with E-state index >= 15 is 0 Å². The molecule has 0 saturated heterocycles. The van der Waals surface area contributed by atoms with E-state index in [0.717, 1.165) is 23.6 Å². The third kappa shape index (κ3) is 2.76. The second-order valence-corrected chi connectivity index (χ2v) is 3.86. The first-order chi connectivity index (χ1) is 9.30. The van der Waals surface area contributed by atoms with Crippen molar-refractivity contribution in [2.45, 2.75) is 6.92 Å². The van der Waals surface area contributed by atoms with Gasteiger partial charge in [-0.1, -0.05) is 0 Å². The molecule has 2 aromatic rings. The molecule has 0 saturated carbocycles. The molecule has 2 rings (SSSR count). The third-order valence-corrected chi connectivity index (χ3v) is 2.72. The molecular formula is C14H17N3O2. The molecule has 0 aliphatic heterocycles. The molecule has 1 aromatic heterocycles. The van der Waals surface area contributed by atoms with Crippen molar-refractivity contribution in [3.63, 3.8) is 0 Å². The van der Waals surface area contributed by atoms with Crippen LogP contribution in [0.15, 0.2) is 30.6 Å². The molecule has 1 N–H and O–H groups in total. The zero-order valence-corrected chi connectivity index (χ0v) is 11.3. The molecule has 0 spiro atoms. The van der Waals surface area contributed by atoms with Crippen LogP contribution in [-0.4, -0.2) is 30.7 Å². The van der Waals surface area contributed by atoms with Gasteiger partial charge in [-0.25, -0.2) is 9.97 Å². The Bertz CT molecular complexity index is 541. The van der Waals surface area contributed by atoms with E-state index in [1.54, 1.807) is 14.2 Å². The minimum absolute atomic E-state index is 0.648. The maximum absolute atomic E-state index is 5.42. The van der Waals surface area contributed by atoms with Gasteiger partial charge in [-0.2, -0.15) is 0 Å². The van der Waals surface area contributed by atoms with Crippen molar-refractivity contribution in [1.82, 2.24) is 9.97 Å². The molecular weight excluding hydrogens is 242 g/mol. The Labute approximate surface area is 112 Å². The van der Waals surface area contributed by atoms with Crippen LogP contribution < -0.4 is 14.8 Å². The fourth-order valence-corrected chi connectivity index (χ4v) is 1.81. The van der Waals surface area contributed by atoms with E-state index in [2.05, 4.69) is 15.3 Å². The standard InChI is InChI=1S/C14H17N3O2/c1-4-15-14-13(19-3)12(16-9-17-14)10-5-7-11(18-2)8-6-10/h5-9H,4H2,1-3H3,(H,15,16,17). The van der Waals surface area contributed by atoms with E-state index in [-0.39, 0.29) is 0 Å². The summed E-state index contributed by atoms with van der Waals surface area (Å²) < 4.78 is 10.6. The number of anilines is 1. The van der Waals surface area contributed by atoms with Crippen molar-refractivity contribution in [2.24, 2.45) is 0 Å². The van der Waals surface area contributed by atoms with Crippen molar-refractivity contribution < 1.29 is 9.47 Å². The molecule has 5 nitrogen and oxygen atoms in total. The molecule has 0 aliphatic carbocycles. The monoisotopic (exact) mass is 259 g/mol. The van der Waals surface area contributed by atoms with E-state index in [1.807, 2.05) is 31.2 Å². The average molecular weight is 259 g/mol. The minimum atomic E-state index is 0.648. The summed E-state index contributed by atoms with van der Waals surface area (Å²) in [4.78, 5) is 8.49. The van der Waals surface area contributed by atoms with Crippen molar-refractivity contribution in [2.75, 3.05) is 26.1 Å². The Hall–Kier alpha value is -2.30. The normalized spacial score (nSPS) is 10.1. The Morgan fingerprint density at radius 3 is 2.37 bits per heavy atom. The van der Waals surface area contributed by atoms with E-state index in [9.17, 15) is 0 Å². The summed E-state index contributed by atoms with van der Waals surface area (Å²) in [7, 11) is 3.26. The topological polar surface area (TPSA) is 56.3 Å². The molecule has 0 fully saturated rings. The quantitative estimate of drug-likeness (QED) is 0.894. The zero-order chi connectivity index (χ0) is 13.7. The van der Waals surface area contributed by atoms with E-state index in [4.69, 9.17) is 9.47 Å². The molecule has 0 bridgehead atoms. The van der Waals surface area contributed by atoms with Crippen molar-refractivity contribution in [3.05, 3.63) is 30.6 Å². The average Bonchev–Trinajstić information content (AvgIpc) is 2.47. The van der Waals surface area contributed by atoms with Gasteiger partial charge in [0.15, 0.2) is 11.6 Å². The van der Waals surface area contributed by atoms with Gasteiger partial charge in [-0.05, 0) is 31.2 Å². The SMILES string of the molecule is CCNc1ncnc(-c2ccc(OC)cc2)c1OC. The molecule has 0 unspecified atom stereocenters. The van der Waals surface area contributed by atoms with Gasteiger partial charge in [0.2, 0.25) is 0 Å². The summed E-state index contributed by atoms with van der Waals surface area (Å²) in [6, 6.07) is 7.67. The zero-order valence-electron chi connectivity index (χ0n) is 11.3. The molecule has 0 amide bonds. The first-order valence-corrected chi connectivity index (χ1v) is 6.07. The van der Waals surface area contributed by atoms with Crippen molar-refractivity contribution in [1.29, 1.82) is 0 Å². The number of aromatic nitrogens is 2. The minimum Gasteiger partial charge on any atom is -0.497 e. The number of hydrogen-bond acceptors (Lipinski definition) is 5. The second-order valence-electron chi connectivity index (χ2n) is 3.86. The van der Waals surface area contributed by atoms with E-state index in [1.165, 1.54) is 6.33 Å². The number of benzene rings is 1. The van der Waals surface area contributed by atoms with Crippen molar-refractivity contribution in [3.8, 4) is 22.8 Å². The lowest BCUT2D eigenvalue weighted by Gasteiger charge is -2.12. The van der Waals surface area contributed by atoms with Gasteiger partial charge in [-0.15, -0.1) is 0 Å². The van der Waals surface area contributed by atoms with Gasteiger partial charge >= 0.3 is 0 Å². The third-order valence-electron chi connectivity index (χ3n) is 2.72. The van der Waals surface area contributed by atoms with Gasteiger partial charge in [0.25, 0.3) is 0 Å². The first-order valence-electron chi connectivity index (χ1n) is 6.07. The van der Waals surface area contributed by atoms with Crippen LogP contribution in [0, 0.1) is 0 Å². The number of rotatable bonds is 5. The molecule has 1 aromatic carbocycles. The fraction of sp³-hybridized carbons (Fsp3) is 0.286. The lowest BCUT2D eigenvalue weighted by molar-refractivity contribution is 0.413. The number of hydrogen-bond donors (Lipinski definition) is 1. The Balaban J connectivity index is 2.45. The largest absolute Gasteiger partial charge is 0.497 e. The van der Waals surface area contributed by atoms with Crippen LogP contribution in [0.5, 0.6) is 11.5 Å². The lowest BCUT2D eigenvalue weighted by atomic mass is 10.1. The predicted molar refractivity (Wildman–Crippen MR) is 74.7 cm³/mol. The highest BCUT2D eigenvalue weighted by Crippen LogP contribution is 2.33. The van der Waals surface area contributed by atoms with Gasteiger partial charge < -0.3 is 14.8 Å². The number of ether oxygens (including phenoxy) is 2. The summed E-state index contributed by atoms with van der Waals surface area (Å²) in [6.45, 7) is 2.78. The van der Waals surface area contributed by atoms with Gasteiger partial charge in [0.05, 0.1) is 14.2 Å². The second kappa shape index (κ2) is 6.04. The maximum Gasteiger partial charge on any atom is 0.187 e. The summed E-state index contributed by atoms with van der Waals surface area (Å²) in [5.74, 6) is 2.16. The van der Waals surface area contributed by atoms with Crippen LogP contribution in [0.4, 0.5) is 5.82 Å². The fourth-order valence-electron chi connectivity index (χ4n) is 1.81. The number of methoxy groups -OCH3 is 2. The summed E-state index contributed by atoms with van der Waals surface area (Å²) >= 11 is 0. The molecule has 0 atom stereocenters. The van der Waals surface area contributed by atoms with Crippen LogP contribution in [0.3, 0.4) is 0 Å². The van der Waals surface area contributed by atoms with Crippen LogP contribution in [0.1, 0.15) is 6.92 Å². The summed E-state index contributed by atoms with van der Waals surface area (Å²) in [5.41, 5.74) is 1.72. The highest BCUT2D eigenvalue weighted by molar-refractivity contribution is 5.72. The van der Waals surface area contributed by atoms with Crippen LogP contribution in [0.25, 0.3) is 11.3 Å². The smallest absolute Gasteiger partial charge is 0.187 e. The summed E-state index contributed by atoms with van der Waals surface area (Å²) in [5, 5.41) is 3.16. The molecule has 100 valence electrons. The maximum atomic E-state index is 5.42. The van der Waals surface area contributed by atoms with Crippen LogP contribution in [0.2, 0.25) is 0 Å². The predicted octanol–water partition coefficient (Wildman–Crippen LogP) is 2.59.